The summed E-state index contributed by atoms with van der Waals surface area (Å²) >= 11 is 0. The van der Waals surface area contributed by atoms with Crippen molar-refractivity contribution in [1.29, 1.82) is 0 Å². The van der Waals surface area contributed by atoms with Gasteiger partial charge in [0.2, 0.25) is 5.82 Å². The highest BCUT2D eigenvalue weighted by molar-refractivity contribution is 5.45. The van der Waals surface area contributed by atoms with Gasteiger partial charge in [0.25, 0.3) is 0 Å². The van der Waals surface area contributed by atoms with E-state index < -0.39 is 6.10 Å². The lowest BCUT2D eigenvalue weighted by Crippen LogP contribution is -2.28. The zero-order chi connectivity index (χ0) is 18.6. The summed E-state index contributed by atoms with van der Waals surface area (Å²) in [5.41, 5.74) is 1.17. The standard InChI is InChI=1S/C20H24N4O3/c1-2-16(25)13-24-19(21-20(22-24)18-8-5-10-26-18)14-23-9-11-27-17-7-4-3-6-15(17)12-23/h3-8,10,16,25H,2,9,11-14H2,1H3/t16-/m0/s1. The fourth-order valence-corrected chi connectivity index (χ4v) is 3.19. The van der Waals surface area contributed by atoms with Crippen LogP contribution in [0.15, 0.2) is 47.1 Å². The first-order chi connectivity index (χ1) is 13.2. The Labute approximate surface area is 158 Å². The summed E-state index contributed by atoms with van der Waals surface area (Å²) in [7, 11) is 0. The molecular formula is C20H24N4O3. The van der Waals surface area contributed by atoms with Crippen LogP contribution in [0, 0.1) is 0 Å². The molecule has 0 aliphatic carbocycles. The molecule has 1 aliphatic heterocycles. The van der Waals surface area contributed by atoms with Crippen LogP contribution in [0.1, 0.15) is 24.7 Å². The van der Waals surface area contributed by atoms with Crippen molar-refractivity contribution >= 4 is 0 Å². The Kier molecular flexibility index (Phi) is 5.22. The summed E-state index contributed by atoms with van der Waals surface area (Å²) < 4.78 is 13.1. The molecule has 7 nitrogen and oxygen atoms in total. The molecule has 3 aromatic rings. The first kappa shape index (κ1) is 17.8. The molecule has 7 heteroatoms. The third kappa shape index (κ3) is 4.04. The van der Waals surface area contributed by atoms with E-state index in [9.17, 15) is 5.11 Å². The van der Waals surface area contributed by atoms with Crippen molar-refractivity contribution in [3.8, 4) is 17.3 Å². The molecule has 0 saturated heterocycles. The van der Waals surface area contributed by atoms with Gasteiger partial charge in [-0.3, -0.25) is 4.90 Å². The van der Waals surface area contributed by atoms with E-state index in [-0.39, 0.29) is 0 Å². The molecule has 142 valence electrons. The molecule has 0 bridgehead atoms. The van der Waals surface area contributed by atoms with Crippen molar-refractivity contribution in [2.24, 2.45) is 0 Å². The van der Waals surface area contributed by atoms with Gasteiger partial charge in [-0.05, 0) is 24.6 Å². The van der Waals surface area contributed by atoms with Gasteiger partial charge in [-0.25, -0.2) is 9.67 Å². The number of furan rings is 1. The monoisotopic (exact) mass is 368 g/mol. The van der Waals surface area contributed by atoms with Crippen LogP contribution in [-0.2, 0) is 19.6 Å². The average Bonchev–Trinajstić information content (AvgIpc) is 3.28. The Morgan fingerprint density at radius 2 is 2.11 bits per heavy atom. The number of hydrogen-bond acceptors (Lipinski definition) is 6. The fourth-order valence-electron chi connectivity index (χ4n) is 3.19. The number of rotatable bonds is 6. The molecule has 0 saturated carbocycles. The van der Waals surface area contributed by atoms with Crippen LogP contribution in [-0.4, -0.2) is 44.0 Å². The summed E-state index contributed by atoms with van der Waals surface area (Å²) in [4.78, 5) is 6.97. The van der Waals surface area contributed by atoms with Crippen LogP contribution >= 0.6 is 0 Å². The van der Waals surface area contributed by atoms with E-state index in [0.29, 0.717) is 37.7 Å². The Hall–Kier alpha value is -2.64. The third-order valence-electron chi connectivity index (χ3n) is 4.74. The average molecular weight is 368 g/mol. The molecule has 1 atom stereocenters. The van der Waals surface area contributed by atoms with Crippen LogP contribution in [0.3, 0.4) is 0 Å². The van der Waals surface area contributed by atoms with E-state index in [2.05, 4.69) is 21.0 Å². The summed E-state index contributed by atoms with van der Waals surface area (Å²) in [6.07, 6.45) is 1.82. The van der Waals surface area contributed by atoms with Gasteiger partial charge in [-0.2, -0.15) is 0 Å². The minimum Gasteiger partial charge on any atom is -0.492 e. The predicted octanol–water partition coefficient (Wildman–Crippen LogP) is 2.70. The lowest BCUT2D eigenvalue weighted by molar-refractivity contribution is 0.140. The maximum atomic E-state index is 10.1. The molecule has 2 aromatic heterocycles. The van der Waals surface area contributed by atoms with Gasteiger partial charge in [0.15, 0.2) is 5.76 Å². The van der Waals surface area contributed by atoms with Crippen molar-refractivity contribution in [3.05, 3.63) is 54.0 Å². The van der Waals surface area contributed by atoms with Crippen LogP contribution in [0.4, 0.5) is 0 Å². The van der Waals surface area contributed by atoms with E-state index in [4.69, 9.17) is 9.15 Å². The van der Waals surface area contributed by atoms with Gasteiger partial charge in [-0.15, -0.1) is 5.10 Å². The molecular weight excluding hydrogens is 344 g/mol. The molecule has 4 rings (SSSR count). The number of hydrogen-bond donors (Lipinski definition) is 1. The lowest BCUT2D eigenvalue weighted by atomic mass is 10.2. The molecule has 1 N–H and O–H groups in total. The largest absolute Gasteiger partial charge is 0.492 e. The number of fused-ring (bicyclic) bond motifs is 1. The Balaban J connectivity index is 1.58. The number of ether oxygens (including phenoxy) is 1. The first-order valence-corrected chi connectivity index (χ1v) is 9.31. The maximum Gasteiger partial charge on any atom is 0.217 e. The quantitative estimate of drug-likeness (QED) is 0.721. The number of aliphatic hydroxyl groups excluding tert-OH is 1. The topological polar surface area (TPSA) is 76.5 Å². The number of aromatic nitrogens is 3. The van der Waals surface area contributed by atoms with Crippen LogP contribution < -0.4 is 4.74 Å². The highest BCUT2D eigenvalue weighted by Gasteiger charge is 2.20. The van der Waals surface area contributed by atoms with Crippen molar-refractivity contribution in [2.75, 3.05) is 13.2 Å². The van der Waals surface area contributed by atoms with Gasteiger partial charge in [0.05, 0.1) is 25.5 Å². The van der Waals surface area contributed by atoms with Gasteiger partial charge >= 0.3 is 0 Å². The number of para-hydroxylation sites is 1. The van der Waals surface area contributed by atoms with E-state index in [0.717, 1.165) is 24.7 Å². The molecule has 27 heavy (non-hydrogen) atoms. The van der Waals surface area contributed by atoms with Crippen LogP contribution in [0.25, 0.3) is 11.6 Å². The molecule has 0 amide bonds. The van der Waals surface area contributed by atoms with Crippen molar-refractivity contribution in [1.82, 2.24) is 19.7 Å². The van der Waals surface area contributed by atoms with Crippen molar-refractivity contribution in [3.63, 3.8) is 0 Å². The minimum atomic E-state index is -0.455. The first-order valence-electron chi connectivity index (χ1n) is 9.31. The fraction of sp³-hybridized carbons (Fsp3) is 0.400. The number of nitrogens with zero attached hydrogens (tertiary/aromatic N) is 4. The van der Waals surface area contributed by atoms with Gasteiger partial charge in [-0.1, -0.05) is 25.1 Å². The SMILES string of the molecule is CC[C@H](O)Cn1nc(-c2ccco2)nc1CN1CCOc2ccccc2C1. The normalized spacial score (nSPS) is 15.8. The molecule has 0 spiro atoms. The summed E-state index contributed by atoms with van der Waals surface area (Å²) in [6.45, 7) is 5.22. The van der Waals surface area contributed by atoms with Crippen LogP contribution in [0.2, 0.25) is 0 Å². The second-order valence-electron chi connectivity index (χ2n) is 6.74. The Morgan fingerprint density at radius 1 is 1.22 bits per heavy atom. The van der Waals surface area contributed by atoms with Gasteiger partial charge < -0.3 is 14.3 Å². The lowest BCUT2D eigenvalue weighted by Gasteiger charge is -2.19. The van der Waals surface area contributed by atoms with E-state index in [1.165, 1.54) is 5.56 Å². The van der Waals surface area contributed by atoms with Crippen molar-refractivity contribution in [2.45, 2.75) is 39.1 Å². The van der Waals surface area contributed by atoms with E-state index in [1.54, 1.807) is 10.9 Å². The smallest absolute Gasteiger partial charge is 0.217 e. The molecule has 0 fully saturated rings. The number of aliphatic hydroxyl groups is 1. The molecule has 0 unspecified atom stereocenters. The molecule has 1 aromatic carbocycles. The molecule has 1 aliphatic rings. The predicted molar refractivity (Wildman–Crippen MR) is 100 cm³/mol. The number of benzene rings is 1. The van der Waals surface area contributed by atoms with Gasteiger partial charge in [0.1, 0.15) is 18.2 Å². The summed E-state index contributed by atoms with van der Waals surface area (Å²) in [5.74, 6) is 2.93. The van der Waals surface area contributed by atoms with E-state index in [1.807, 2.05) is 37.3 Å². The molecule has 0 radical (unpaired) electrons. The second kappa shape index (κ2) is 7.94. The highest BCUT2D eigenvalue weighted by atomic mass is 16.5. The Bertz CT molecular complexity index is 875. The minimum absolute atomic E-state index is 0.417. The highest BCUT2D eigenvalue weighted by Crippen LogP contribution is 2.24. The van der Waals surface area contributed by atoms with Crippen LogP contribution in [0.5, 0.6) is 5.75 Å². The molecule has 3 heterocycles. The second-order valence-corrected chi connectivity index (χ2v) is 6.74. The zero-order valence-electron chi connectivity index (χ0n) is 15.4. The van der Waals surface area contributed by atoms with Crippen molar-refractivity contribution < 1.29 is 14.3 Å². The third-order valence-corrected chi connectivity index (χ3v) is 4.74. The zero-order valence-corrected chi connectivity index (χ0v) is 15.4. The summed E-state index contributed by atoms with van der Waals surface area (Å²) in [5, 5.41) is 14.7. The van der Waals surface area contributed by atoms with Gasteiger partial charge in [0, 0.05) is 18.7 Å². The van der Waals surface area contributed by atoms with E-state index >= 15 is 0 Å². The summed E-state index contributed by atoms with van der Waals surface area (Å²) in [6, 6.07) is 11.8. The Morgan fingerprint density at radius 3 is 2.93 bits per heavy atom. The maximum absolute atomic E-state index is 10.1.